The van der Waals surface area contributed by atoms with Gasteiger partial charge in [0.2, 0.25) is 0 Å². The van der Waals surface area contributed by atoms with Gasteiger partial charge < -0.3 is 14.8 Å². The van der Waals surface area contributed by atoms with Crippen molar-refractivity contribution >= 4 is 23.1 Å². The molecule has 0 saturated carbocycles. The van der Waals surface area contributed by atoms with E-state index in [0.717, 1.165) is 4.90 Å². The van der Waals surface area contributed by atoms with E-state index in [1.54, 1.807) is 48.5 Å². The first-order chi connectivity index (χ1) is 16.5. The summed E-state index contributed by atoms with van der Waals surface area (Å²) in [5.41, 5.74) is 2.29. The highest BCUT2D eigenvalue weighted by molar-refractivity contribution is 6.36. The number of hydrogen-bond donors (Lipinski definition) is 1. The van der Waals surface area contributed by atoms with Crippen LogP contribution in [-0.2, 0) is 16.1 Å². The second kappa shape index (κ2) is 10.2. The van der Waals surface area contributed by atoms with Gasteiger partial charge in [0.1, 0.15) is 23.0 Å². The highest BCUT2D eigenvalue weighted by Gasteiger charge is 2.39. The minimum Gasteiger partial charge on any atom is -0.494 e. The first-order valence-corrected chi connectivity index (χ1v) is 11.1. The summed E-state index contributed by atoms with van der Waals surface area (Å²) in [7, 11) is 0. The number of ether oxygens (including phenoxy) is 2. The minimum atomic E-state index is -0.458. The van der Waals surface area contributed by atoms with Gasteiger partial charge in [-0.1, -0.05) is 30.3 Å². The Kier molecular flexibility index (Phi) is 6.92. The molecule has 7 heteroatoms. The molecule has 0 aliphatic carbocycles. The summed E-state index contributed by atoms with van der Waals surface area (Å²) in [6.07, 6.45) is 0. The summed E-state index contributed by atoms with van der Waals surface area (Å²) < 4.78 is 24.4. The Hall–Kier alpha value is -4.13. The van der Waals surface area contributed by atoms with E-state index in [1.807, 2.05) is 26.0 Å². The second-order valence-electron chi connectivity index (χ2n) is 7.62. The number of rotatable bonds is 9. The quantitative estimate of drug-likeness (QED) is 0.455. The van der Waals surface area contributed by atoms with Gasteiger partial charge in [-0.25, -0.2) is 4.39 Å². The van der Waals surface area contributed by atoms with E-state index in [2.05, 4.69) is 5.32 Å². The molecule has 0 bridgehead atoms. The monoisotopic (exact) mass is 460 g/mol. The van der Waals surface area contributed by atoms with Crippen molar-refractivity contribution < 1.29 is 23.5 Å². The molecule has 1 aliphatic rings. The van der Waals surface area contributed by atoms with E-state index in [-0.39, 0.29) is 23.6 Å². The zero-order valence-electron chi connectivity index (χ0n) is 19.0. The Morgan fingerprint density at radius 1 is 0.824 bits per heavy atom. The highest BCUT2D eigenvalue weighted by atomic mass is 19.1. The maximum atomic E-state index is 13.4. The van der Waals surface area contributed by atoms with Crippen molar-refractivity contribution in [1.82, 2.24) is 4.90 Å². The third kappa shape index (κ3) is 4.93. The van der Waals surface area contributed by atoms with Crippen LogP contribution in [-0.4, -0.2) is 29.9 Å². The van der Waals surface area contributed by atoms with E-state index >= 15 is 0 Å². The van der Waals surface area contributed by atoms with Crippen LogP contribution in [0.5, 0.6) is 11.5 Å². The van der Waals surface area contributed by atoms with Crippen LogP contribution in [0.15, 0.2) is 78.5 Å². The number of carbonyl (C=O) groups is 2. The Bertz CT molecular complexity index is 1220. The van der Waals surface area contributed by atoms with Gasteiger partial charge in [0.05, 0.1) is 25.3 Å². The average Bonchev–Trinajstić information content (AvgIpc) is 3.06. The summed E-state index contributed by atoms with van der Waals surface area (Å²) in [4.78, 5) is 28.0. The fraction of sp³-hybridized carbons (Fsp3) is 0.185. The van der Waals surface area contributed by atoms with Crippen molar-refractivity contribution in [1.29, 1.82) is 0 Å². The molecule has 1 N–H and O–H groups in total. The summed E-state index contributed by atoms with van der Waals surface area (Å²) >= 11 is 0. The van der Waals surface area contributed by atoms with Crippen LogP contribution in [0.3, 0.4) is 0 Å². The van der Waals surface area contributed by atoms with E-state index < -0.39 is 11.8 Å². The highest BCUT2D eigenvalue weighted by Crippen LogP contribution is 2.33. The van der Waals surface area contributed by atoms with Crippen LogP contribution in [0.4, 0.5) is 10.1 Å². The van der Waals surface area contributed by atoms with E-state index in [9.17, 15) is 14.0 Å². The Morgan fingerprint density at radius 3 is 2.18 bits per heavy atom. The van der Waals surface area contributed by atoms with Crippen LogP contribution in [0.1, 0.15) is 25.0 Å². The molecule has 1 aliphatic heterocycles. The van der Waals surface area contributed by atoms with Crippen LogP contribution >= 0.6 is 0 Å². The predicted molar refractivity (Wildman–Crippen MR) is 128 cm³/mol. The maximum absolute atomic E-state index is 13.4. The van der Waals surface area contributed by atoms with Gasteiger partial charge in [0.15, 0.2) is 0 Å². The first kappa shape index (κ1) is 23.0. The molecule has 0 fully saturated rings. The molecule has 34 heavy (non-hydrogen) atoms. The number of nitrogens with one attached hydrogen (secondary N) is 1. The van der Waals surface area contributed by atoms with E-state index in [4.69, 9.17) is 9.47 Å². The van der Waals surface area contributed by atoms with Crippen LogP contribution < -0.4 is 14.8 Å². The lowest BCUT2D eigenvalue weighted by atomic mass is 10.0. The first-order valence-electron chi connectivity index (χ1n) is 11.1. The second-order valence-corrected chi connectivity index (χ2v) is 7.62. The van der Waals surface area contributed by atoms with Crippen molar-refractivity contribution in [3.63, 3.8) is 0 Å². The molecule has 4 rings (SSSR count). The van der Waals surface area contributed by atoms with Gasteiger partial charge in [-0.2, -0.15) is 0 Å². The molecule has 1 heterocycles. The Balaban J connectivity index is 1.70. The number of anilines is 1. The number of carbonyl (C=O) groups excluding carboxylic acids is 2. The molecule has 6 nitrogen and oxygen atoms in total. The van der Waals surface area contributed by atoms with Crippen molar-refractivity contribution in [2.24, 2.45) is 0 Å². The van der Waals surface area contributed by atoms with Crippen molar-refractivity contribution in [3.05, 3.63) is 95.4 Å². The normalized spacial score (nSPS) is 13.4. The lowest BCUT2D eigenvalue weighted by molar-refractivity contribution is -0.137. The number of amides is 2. The van der Waals surface area contributed by atoms with Gasteiger partial charge in [-0.05, 0) is 61.4 Å². The van der Waals surface area contributed by atoms with Crippen LogP contribution in [0, 0.1) is 5.82 Å². The zero-order valence-corrected chi connectivity index (χ0v) is 19.0. The minimum absolute atomic E-state index is 0.0304. The molecule has 174 valence electrons. The molecular formula is C27H25FN2O4. The Morgan fingerprint density at radius 2 is 1.50 bits per heavy atom. The lowest BCUT2D eigenvalue weighted by Crippen LogP contribution is -2.32. The predicted octanol–water partition coefficient (Wildman–Crippen LogP) is 5.02. The maximum Gasteiger partial charge on any atom is 0.278 e. The summed E-state index contributed by atoms with van der Waals surface area (Å²) in [5, 5.41) is 3.13. The van der Waals surface area contributed by atoms with Gasteiger partial charge in [-0.3, -0.25) is 14.5 Å². The number of nitrogens with zero attached hydrogens (tertiary/aromatic N) is 1. The molecule has 0 spiro atoms. The molecule has 2 amide bonds. The number of imide groups is 1. The Labute approximate surface area is 197 Å². The summed E-state index contributed by atoms with van der Waals surface area (Å²) in [6, 6.07) is 20.0. The SMILES string of the molecule is CCOc1ccc(C2=C(Nc3cccc(OCC)c3)C(=O)N(Cc3ccc(F)cc3)C2=O)cc1. The molecule has 0 aromatic heterocycles. The fourth-order valence-corrected chi connectivity index (χ4v) is 3.73. The van der Waals surface area contributed by atoms with Gasteiger partial charge in [0, 0.05) is 11.8 Å². The molecule has 0 atom stereocenters. The van der Waals surface area contributed by atoms with Crippen molar-refractivity contribution in [3.8, 4) is 11.5 Å². The van der Waals surface area contributed by atoms with E-state index in [1.165, 1.54) is 12.1 Å². The smallest absolute Gasteiger partial charge is 0.278 e. The molecule has 0 saturated heterocycles. The van der Waals surface area contributed by atoms with Crippen molar-refractivity contribution in [2.45, 2.75) is 20.4 Å². The summed E-state index contributed by atoms with van der Waals surface area (Å²) in [6.45, 7) is 4.84. The number of hydrogen-bond acceptors (Lipinski definition) is 5. The third-order valence-electron chi connectivity index (χ3n) is 5.29. The summed E-state index contributed by atoms with van der Waals surface area (Å²) in [5.74, 6) is 0.0518. The number of benzene rings is 3. The largest absolute Gasteiger partial charge is 0.494 e. The van der Waals surface area contributed by atoms with E-state index in [0.29, 0.717) is 41.5 Å². The average molecular weight is 461 g/mol. The zero-order chi connectivity index (χ0) is 24.1. The van der Waals surface area contributed by atoms with Gasteiger partial charge >= 0.3 is 0 Å². The molecule has 0 radical (unpaired) electrons. The molecule has 0 unspecified atom stereocenters. The van der Waals surface area contributed by atoms with Crippen LogP contribution in [0.25, 0.3) is 5.57 Å². The molecular weight excluding hydrogens is 435 g/mol. The molecule has 3 aromatic carbocycles. The fourth-order valence-electron chi connectivity index (χ4n) is 3.73. The van der Waals surface area contributed by atoms with Crippen LogP contribution in [0.2, 0.25) is 0 Å². The lowest BCUT2D eigenvalue weighted by Gasteiger charge is -2.15. The third-order valence-corrected chi connectivity index (χ3v) is 5.29. The van der Waals surface area contributed by atoms with Crippen molar-refractivity contribution in [2.75, 3.05) is 18.5 Å². The molecule has 3 aromatic rings. The topological polar surface area (TPSA) is 67.9 Å². The van der Waals surface area contributed by atoms with Gasteiger partial charge in [-0.15, -0.1) is 0 Å². The van der Waals surface area contributed by atoms with Gasteiger partial charge in [0.25, 0.3) is 11.8 Å². The standard InChI is InChI=1S/C27H25FN2O4/c1-3-33-22-14-10-19(11-15-22)24-25(29-21-6-5-7-23(16-21)34-4-2)27(32)30(26(24)31)17-18-8-12-20(28)13-9-18/h5-16,29H,3-4,17H2,1-2H3. The number of halogens is 1.